The molecule has 0 radical (unpaired) electrons. The standard InChI is InChI=1S/C23H27N7O2/c1-13(2)10-18(22(24)31)28-16-11-17(21(23(25)32)27-12-16)29-19-5-4-14(3)20(30-19)15-6-8-26-9-7-15/h4-9,11-13,18,28H,10H2,1-3H3,(H2,24,31)(H2,25,32)(H,29,30)/t18-/m1/s1. The summed E-state index contributed by atoms with van der Waals surface area (Å²) in [5, 5.41) is 6.22. The fourth-order valence-corrected chi connectivity index (χ4v) is 3.29. The van der Waals surface area contributed by atoms with Gasteiger partial charge in [-0.05, 0) is 49.1 Å². The first-order chi connectivity index (χ1) is 15.2. The molecule has 2 amide bonds. The fourth-order valence-electron chi connectivity index (χ4n) is 3.29. The van der Waals surface area contributed by atoms with Gasteiger partial charge in [-0.1, -0.05) is 19.9 Å². The summed E-state index contributed by atoms with van der Waals surface area (Å²) < 4.78 is 0. The predicted molar refractivity (Wildman–Crippen MR) is 124 cm³/mol. The normalized spacial score (nSPS) is 11.8. The smallest absolute Gasteiger partial charge is 0.269 e. The van der Waals surface area contributed by atoms with Gasteiger partial charge >= 0.3 is 0 Å². The molecule has 0 aromatic carbocycles. The van der Waals surface area contributed by atoms with Gasteiger partial charge in [-0.15, -0.1) is 0 Å². The molecule has 166 valence electrons. The fraction of sp³-hybridized carbons (Fsp3) is 0.261. The van der Waals surface area contributed by atoms with Crippen molar-refractivity contribution in [3.05, 3.63) is 60.2 Å². The van der Waals surface area contributed by atoms with Crippen LogP contribution in [-0.4, -0.2) is 32.8 Å². The lowest BCUT2D eigenvalue weighted by Gasteiger charge is -2.19. The number of nitrogens with one attached hydrogen (secondary N) is 2. The van der Waals surface area contributed by atoms with Crippen molar-refractivity contribution in [1.29, 1.82) is 0 Å². The Balaban J connectivity index is 1.94. The molecule has 0 fully saturated rings. The average Bonchev–Trinajstić information content (AvgIpc) is 2.75. The Morgan fingerprint density at radius 1 is 1.09 bits per heavy atom. The van der Waals surface area contributed by atoms with Gasteiger partial charge in [0, 0.05) is 18.0 Å². The molecule has 1 atom stereocenters. The van der Waals surface area contributed by atoms with E-state index in [1.54, 1.807) is 24.5 Å². The third-order valence-corrected chi connectivity index (χ3v) is 4.83. The summed E-state index contributed by atoms with van der Waals surface area (Å²) in [5.74, 6) is -0.375. The van der Waals surface area contributed by atoms with Crippen molar-refractivity contribution in [2.75, 3.05) is 10.6 Å². The lowest BCUT2D eigenvalue weighted by atomic mass is 10.0. The van der Waals surface area contributed by atoms with Gasteiger partial charge in [-0.25, -0.2) is 9.97 Å². The van der Waals surface area contributed by atoms with Crippen LogP contribution in [0.4, 0.5) is 17.2 Å². The minimum absolute atomic E-state index is 0.0582. The van der Waals surface area contributed by atoms with E-state index in [2.05, 4.69) is 25.6 Å². The number of hydrogen-bond donors (Lipinski definition) is 4. The molecule has 0 aliphatic carbocycles. The van der Waals surface area contributed by atoms with Crippen molar-refractivity contribution >= 4 is 29.0 Å². The molecule has 32 heavy (non-hydrogen) atoms. The Labute approximate surface area is 186 Å². The van der Waals surface area contributed by atoms with Crippen LogP contribution in [-0.2, 0) is 4.79 Å². The van der Waals surface area contributed by atoms with E-state index in [0.29, 0.717) is 23.6 Å². The van der Waals surface area contributed by atoms with Gasteiger partial charge in [0.1, 0.15) is 11.9 Å². The van der Waals surface area contributed by atoms with Gasteiger partial charge in [-0.2, -0.15) is 0 Å². The van der Waals surface area contributed by atoms with E-state index in [9.17, 15) is 9.59 Å². The van der Waals surface area contributed by atoms with Gasteiger partial charge < -0.3 is 22.1 Å². The molecule has 3 rings (SSSR count). The van der Waals surface area contributed by atoms with Crippen LogP contribution in [0.3, 0.4) is 0 Å². The molecule has 0 spiro atoms. The van der Waals surface area contributed by atoms with Crippen LogP contribution >= 0.6 is 0 Å². The molecule has 3 aromatic heterocycles. The van der Waals surface area contributed by atoms with Gasteiger partial charge in [0.05, 0.1) is 23.3 Å². The van der Waals surface area contributed by atoms with Crippen LogP contribution < -0.4 is 22.1 Å². The summed E-state index contributed by atoms with van der Waals surface area (Å²) >= 11 is 0. The van der Waals surface area contributed by atoms with Crippen LogP contribution in [0.1, 0.15) is 36.3 Å². The number of amides is 2. The first kappa shape index (κ1) is 22.7. The van der Waals surface area contributed by atoms with Gasteiger partial charge in [-0.3, -0.25) is 14.6 Å². The highest BCUT2D eigenvalue weighted by molar-refractivity contribution is 5.97. The second-order valence-corrected chi connectivity index (χ2v) is 7.94. The van der Waals surface area contributed by atoms with Gasteiger partial charge in [0.15, 0.2) is 5.69 Å². The molecule has 0 aliphatic heterocycles. The van der Waals surface area contributed by atoms with E-state index < -0.39 is 17.9 Å². The van der Waals surface area contributed by atoms with Crippen molar-refractivity contribution < 1.29 is 9.59 Å². The van der Waals surface area contributed by atoms with E-state index in [4.69, 9.17) is 11.5 Å². The zero-order valence-corrected chi connectivity index (χ0v) is 18.3. The lowest BCUT2D eigenvalue weighted by Crippen LogP contribution is -2.36. The summed E-state index contributed by atoms with van der Waals surface area (Å²) in [5.41, 5.74) is 14.7. The van der Waals surface area contributed by atoms with Gasteiger partial charge in [0.25, 0.3) is 5.91 Å². The monoisotopic (exact) mass is 433 g/mol. The summed E-state index contributed by atoms with van der Waals surface area (Å²) in [7, 11) is 0. The number of rotatable bonds is 9. The number of nitrogens with zero attached hydrogens (tertiary/aromatic N) is 3. The van der Waals surface area contributed by atoms with Crippen molar-refractivity contribution in [3.8, 4) is 11.3 Å². The summed E-state index contributed by atoms with van der Waals surface area (Å²) in [6.45, 7) is 5.97. The van der Waals surface area contributed by atoms with Crippen LogP contribution in [0.25, 0.3) is 11.3 Å². The maximum atomic E-state index is 11.9. The van der Waals surface area contributed by atoms with Crippen LogP contribution in [0.15, 0.2) is 48.9 Å². The van der Waals surface area contributed by atoms with E-state index in [0.717, 1.165) is 16.8 Å². The van der Waals surface area contributed by atoms with Gasteiger partial charge in [0.2, 0.25) is 5.91 Å². The first-order valence-corrected chi connectivity index (χ1v) is 10.3. The number of carbonyl (C=O) groups excluding carboxylic acids is 2. The number of nitrogens with two attached hydrogens (primary N) is 2. The first-order valence-electron chi connectivity index (χ1n) is 10.3. The van der Waals surface area contributed by atoms with E-state index in [-0.39, 0.29) is 11.6 Å². The zero-order valence-electron chi connectivity index (χ0n) is 18.3. The topological polar surface area (TPSA) is 149 Å². The Morgan fingerprint density at radius 3 is 2.44 bits per heavy atom. The Morgan fingerprint density at radius 2 is 1.81 bits per heavy atom. The molecular weight excluding hydrogens is 406 g/mol. The van der Waals surface area contributed by atoms with Crippen molar-refractivity contribution in [3.63, 3.8) is 0 Å². The number of pyridine rings is 3. The highest BCUT2D eigenvalue weighted by Gasteiger charge is 2.19. The second kappa shape index (κ2) is 9.86. The molecule has 0 saturated carbocycles. The maximum absolute atomic E-state index is 11.9. The lowest BCUT2D eigenvalue weighted by molar-refractivity contribution is -0.119. The molecule has 3 aromatic rings. The quantitative estimate of drug-likeness (QED) is 0.405. The molecule has 3 heterocycles. The third kappa shape index (κ3) is 5.57. The SMILES string of the molecule is Cc1ccc(Nc2cc(N[C@H](CC(C)C)C(N)=O)cnc2C(N)=O)nc1-c1ccncc1. The molecule has 0 aliphatic rings. The maximum Gasteiger partial charge on any atom is 0.269 e. The third-order valence-electron chi connectivity index (χ3n) is 4.83. The molecule has 0 unspecified atom stereocenters. The molecule has 9 heteroatoms. The van der Waals surface area contributed by atoms with Crippen LogP contribution in [0, 0.1) is 12.8 Å². The van der Waals surface area contributed by atoms with E-state index in [1.807, 2.05) is 39.0 Å². The average molecular weight is 434 g/mol. The summed E-state index contributed by atoms with van der Waals surface area (Å²) in [6, 6.07) is 8.57. The Kier molecular flexibility index (Phi) is 6.99. The number of carbonyl (C=O) groups is 2. The van der Waals surface area contributed by atoms with Crippen molar-refractivity contribution in [1.82, 2.24) is 15.0 Å². The minimum atomic E-state index is -0.686. The Bertz CT molecular complexity index is 1120. The number of hydrogen-bond acceptors (Lipinski definition) is 7. The zero-order chi connectivity index (χ0) is 23.3. The number of anilines is 3. The number of aryl methyl sites for hydroxylation is 1. The minimum Gasteiger partial charge on any atom is -0.372 e. The highest BCUT2D eigenvalue weighted by atomic mass is 16.1. The Hall–Kier alpha value is -4.01. The molecular formula is C23H27N7O2. The summed E-state index contributed by atoms with van der Waals surface area (Å²) in [6.07, 6.45) is 5.41. The van der Waals surface area contributed by atoms with E-state index in [1.165, 1.54) is 6.20 Å². The largest absolute Gasteiger partial charge is 0.372 e. The van der Waals surface area contributed by atoms with Crippen LogP contribution in [0.5, 0.6) is 0 Å². The molecule has 6 N–H and O–H groups in total. The van der Waals surface area contributed by atoms with Crippen molar-refractivity contribution in [2.24, 2.45) is 17.4 Å². The molecule has 0 bridgehead atoms. The van der Waals surface area contributed by atoms with Crippen LogP contribution in [0.2, 0.25) is 0 Å². The second-order valence-electron chi connectivity index (χ2n) is 7.94. The summed E-state index contributed by atoms with van der Waals surface area (Å²) in [4.78, 5) is 36.7. The molecule has 9 nitrogen and oxygen atoms in total. The molecule has 0 saturated heterocycles. The number of primary amides is 2. The number of aromatic nitrogens is 3. The van der Waals surface area contributed by atoms with Crippen molar-refractivity contribution in [2.45, 2.75) is 33.2 Å². The van der Waals surface area contributed by atoms with E-state index >= 15 is 0 Å². The predicted octanol–water partition coefficient (Wildman–Crippen LogP) is 3.00. The highest BCUT2D eigenvalue weighted by Crippen LogP contribution is 2.27.